The van der Waals surface area contributed by atoms with E-state index >= 15 is 0 Å². The van der Waals surface area contributed by atoms with Crippen LogP contribution in [0.1, 0.15) is 48.6 Å². The van der Waals surface area contributed by atoms with E-state index in [0.29, 0.717) is 12.2 Å². The highest BCUT2D eigenvalue weighted by atomic mass is 32.1. The van der Waals surface area contributed by atoms with Crippen LogP contribution in [0, 0.1) is 5.41 Å². The van der Waals surface area contributed by atoms with Crippen LogP contribution >= 0.6 is 11.3 Å². The van der Waals surface area contributed by atoms with Gasteiger partial charge in [0.15, 0.2) is 0 Å². The number of ether oxygens (including phenoxy) is 1. The zero-order valence-corrected chi connectivity index (χ0v) is 13.8. The quantitative estimate of drug-likeness (QED) is 0.807. The number of hydrogen-bond donors (Lipinski definition) is 2. The molecule has 1 aromatic rings. The Kier molecular flexibility index (Phi) is 5.35. The third kappa shape index (κ3) is 2.98. The van der Waals surface area contributed by atoms with Crippen LogP contribution in [0.5, 0.6) is 0 Å². The molecule has 1 saturated carbocycles. The molecule has 1 aliphatic rings. The lowest BCUT2D eigenvalue weighted by Gasteiger charge is -2.55. The normalized spacial score (nSPS) is 23.6. The predicted molar refractivity (Wildman–Crippen MR) is 84.6 cm³/mol. The van der Waals surface area contributed by atoms with Crippen molar-refractivity contribution in [2.24, 2.45) is 11.1 Å². The van der Waals surface area contributed by atoms with E-state index in [1.54, 1.807) is 7.11 Å². The lowest BCUT2D eigenvalue weighted by atomic mass is 9.58. The summed E-state index contributed by atoms with van der Waals surface area (Å²) in [5.41, 5.74) is 6.07. The Balaban J connectivity index is 2.02. The molecule has 3 N–H and O–H groups in total. The number of hydrogen-bond acceptors (Lipinski definition) is 5. The van der Waals surface area contributed by atoms with E-state index in [9.17, 15) is 4.79 Å². The Morgan fingerprint density at radius 1 is 1.57 bits per heavy atom. The second-order valence-electron chi connectivity index (χ2n) is 5.59. The van der Waals surface area contributed by atoms with Crippen LogP contribution in [0.2, 0.25) is 0 Å². The van der Waals surface area contributed by atoms with Crippen molar-refractivity contribution < 1.29 is 9.53 Å². The summed E-state index contributed by atoms with van der Waals surface area (Å²) in [4.78, 5) is 16.7. The van der Waals surface area contributed by atoms with E-state index in [1.807, 2.05) is 5.38 Å². The number of nitrogens with two attached hydrogens (primary N) is 1. The number of aromatic nitrogens is 1. The van der Waals surface area contributed by atoms with E-state index in [1.165, 1.54) is 11.3 Å². The molecule has 0 bridgehead atoms. The zero-order chi connectivity index (χ0) is 15.5. The minimum atomic E-state index is -0.0830. The van der Waals surface area contributed by atoms with Crippen molar-refractivity contribution >= 4 is 17.2 Å². The van der Waals surface area contributed by atoms with Crippen molar-refractivity contribution in [3.8, 4) is 0 Å². The van der Waals surface area contributed by atoms with Gasteiger partial charge in [0, 0.05) is 30.4 Å². The fourth-order valence-electron chi connectivity index (χ4n) is 3.36. The first-order chi connectivity index (χ1) is 10.1. The molecule has 2 atom stereocenters. The molecule has 1 aliphatic carbocycles. The molecule has 0 aliphatic heterocycles. The van der Waals surface area contributed by atoms with Gasteiger partial charge in [-0.05, 0) is 25.8 Å². The van der Waals surface area contributed by atoms with Gasteiger partial charge in [-0.15, -0.1) is 11.3 Å². The first-order valence-corrected chi connectivity index (χ1v) is 8.47. The molecule has 0 radical (unpaired) electrons. The molecule has 21 heavy (non-hydrogen) atoms. The van der Waals surface area contributed by atoms with E-state index in [4.69, 9.17) is 10.5 Å². The fourth-order valence-corrected chi connectivity index (χ4v) is 4.16. The molecular formula is C15H25N3O2S. The number of thiazole rings is 1. The van der Waals surface area contributed by atoms with Crippen LogP contribution in [0.4, 0.5) is 0 Å². The van der Waals surface area contributed by atoms with Crippen molar-refractivity contribution in [2.45, 2.75) is 51.7 Å². The Morgan fingerprint density at radius 2 is 2.29 bits per heavy atom. The molecule has 2 unspecified atom stereocenters. The molecule has 5 nitrogen and oxygen atoms in total. The van der Waals surface area contributed by atoms with Crippen molar-refractivity contribution in [2.75, 3.05) is 13.7 Å². The van der Waals surface area contributed by atoms with Crippen molar-refractivity contribution in [1.29, 1.82) is 0 Å². The summed E-state index contributed by atoms with van der Waals surface area (Å²) in [5.74, 6) is -0.0830. The highest BCUT2D eigenvalue weighted by Gasteiger charge is 2.53. The molecule has 118 valence electrons. The number of carbonyl (C=O) groups excluding carboxylic acids is 1. The maximum Gasteiger partial charge on any atom is 0.270 e. The average molecular weight is 311 g/mol. The smallest absolute Gasteiger partial charge is 0.270 e. The van der Waals surface area contributed by atoms with Gasteiger partial charge in [0.1, 0.15) is 5.69 Å². The minimum absolute atomic E-state index is 0.0561. The molecule has 1 aromatic heterocycles. The summed E-state index contributed by atoms with van der Waals surface area (Å²) in [7, 11) is 1.75. The summed E-state index contributed by atoms with van der Waals surface area (Å²) >= 11 is 1.49. The number of methoxy groups -OCH3 is 1. The van der Waals surface area contributed by atoms with Crippen LogP contribution in [-0.4, -0.2) is 36.7 Å². The molecule has 0 spiro atoms. The van der Waals surface area contributed by atoms with E-state index in [-0.39, 0.29) is 23.5 Å². The van der Waals surface area contributed by atoms with Gasteiger partial charge in [0.05, 0.1) is 11.1 Å². The van der Waals surface area contributed by atoms with E-state index in [0.717, 1.165) is 30.7 Å². The summed E-state index contributed by atoms with van der Waals surface area (Å²) < 4.78 is 5.56. The topological polar surface area (TPSA) is 77.2 Å². The molecule has 2 rings (SSSR count). The number of nitrogens with zero attached hydrogens (tertiary/aromatic N) is 1. The minimum Gasteiger partial charge on any atom is -0.381 e. The van der Waals surface area contributed by atoms with E-state index in [2.05, 4.69) is 24.1 Å². The van der Waals surface area contributed by atoms with Crippen LogP contribution in [0.25, 0.3) is 0 Å². The van der Waals surface area contributed by atoms with Gasteiger partial charge in [-0.1, -0.05) is 13.8 Å². The second kappa shape index (κ2) is 6.85. The van der Waals surface area contributed by atoms with Crippen molar-refractivity contribution in [3.05, 3.63) is 16.1 Å². The third-order valence-electron chi connectivity index (χ3n) is 4.83. The van der Waals surface area contributed by atoms with Crippen LogP contribution in [-0.2, 0) is 11.2 Å². The Bertz CT molecular complexity index is 485. The zero-order valence-electron chi connectivity index (χ0n) is 13.0. The van der Waals surface area contributed by atoms with Gasteiger partial charge < -0.3 is 15.8 Å². The maximum atomic E-state index is 12.3. The Morgan fingerprint density at radius 3 is 2.86 bits per heavy atom. The van der Waals surface area contributed by atoms with Gasteiger partial charge in [-0.25, -0.2) is 4.98 Å². The maximum absolute atomic E-state index is 12.3. The second-order valence-corrected chi connectivity index (χ2v) is 6.53. The Labute approximate surface area is 130 Å². The van der Waals surface area contributed by atoms with Gasteiger partial charge in [-0.2, -0.15) is 0 Å². The SMILES string of the molecule is CCC1(CC)C(NC(=O)c2csc(CCN)n2)CC1OC. The third-order valence-corrected chi connectivity index (χ3v) is 5.74. The van der Waals surface area contributed by atoms with Gasteiger partial charge >= 0.3 is 0 Å². The number of nitrogens with one attached hydrogen (secondary N) is 1. The van der Waals surface area contributed by atoms with Crippen molar-refractivity contribution in [3.63, 3.8) is 0 Å². The van der Waals surface area contributed by atoms with Crippen molar-refractivity contribution in [1.82, 2.24) is 10.3 Å². The summed E-state index contributed by atoms with van der Waals surface area (Å²) in [6, 6.07) is 0.171. The number of amides is 1. The summed E-state index contributed by atoms with van der Waals surface area (Å²) in [6.45, 7) is 4.88. The lowest BCUT2D eigenvalue weighted by Crippen LogP contribution is -2.64. The molecule has 1 heterocycles. The molecule has 1 fully saturated rings. The highest BCUT2D eigenvalue weighted by molar-refractivity contribution is 7.09. The standard InChI is InChI=1S/C15H25N3O2S/c1-4-15(5-2)11(8-12(15)20-3)18-14(19)10-9-21-13(17-10)6-7-16/h9,11-12H,4-8,16H2,1-3H3,(H,18,19). The summed E-state index contributed by atoms with van der Waals surface area (Å²) in [6.07, 6.45) is 3.84. The van der Waals surface area contributed by atoms with Gasteiger partial charge in [-0.3, -0.25) is 4.79 Å². The molecular weight excluding hydrogens is 286 g/mol. The van der Waals surface area contributed by atoms with Crippen LogP contribution in [0.3, 0.4) is 0 Å². The molecule has 0 aromatic carbocycles. The van der Waals surface area contributed by atoms with Crippen LogP contribution < -0.4 is 11.1 Å². The molecule has 1 amide bonds. The molecule has 6 heteroatoms. The first-order valence-electron chi connectivity index (χ1n) is 7.59. The largest absolute Gasteiger partial charge is 0.381 e. The van der Waals surface area contributed by atoms with E-state index < -0.39 is 0 Å². The predicted octanol–water partition coefficient (Wildman–Crippen LogP) is 1.97. The monoisotopic (exact) mass is 311 g/mol. The number of carbonyl (C=O) groups is 1. The van der Waals surface area contributed by atoms with Gasteiger partial charge in [0.25, 0.3) is 5.91 Å². The lowest BCUT2D eigenvalue weighted by molar-refractivity contribution is -0.120. The molecule has 0 saturated heterocycles. The van der Waals surface area contributed by atoms with Gasteiger partial charge in [0.2, 0.25) is 0 Å². The Hall–Kier alpha value is -0.980. The highest BCUT2D eigenvalue weighted by Crippen LogP contribution is 2.48. The fraction of sp³-hybridized carbons (Fsp3) is 0.733. The average Bonchev–Trinajstić information content (AvgIpc) is 2.93. The summed E-state index contributed by atoms with van der Waals surface area (Å²) in [5, 5.41) is 5.87. The number of rotatable bonds is 7. The van der Waals surface area contributed by atoms with Crippen LogP contribution in [0.15, 0.2) is 5.38 Å². The first kappa shape index (κ1) is 16.4.